The summed E-state index contributed by atoms with van der Waals surface area (Å²) in [4.78, 5) is 0. The van der Waals surface area contributed by atoms with Crippen molar-refractivity contribution in [2.75, 3.05) is 0 Å². The molecule has 0 saturated carbocycles. The molecule has 37 heavy (non-hydrogen) atoms. The fraction of sp³-hybridized carbons (Fsp3) is 0.135. The van der Waals surface area contributed by atoms with Crippen molar-refractivity contribution in [1.82, 2.24) is 0 Å². The molecule has 0 fully saturated rings. The Balaban J connectivity index is 1.74. The van der Waals surface area contributed by atoms with Gasteiger partial charge in [-0.1, -0.05) is 159 Å². The second-order valence-corrected chi connectivity index (χ2v) is 8.99. The normalized spacial score (nSPS) is 12.9. The molecule has 0 N–H and O–H groups in total. The number of benzene rings is 3. The van der Waals surface area contributed by atoms with Crippen LogP contribution in [0.15, 0.2) is 152 Å². The van der Waals surface area contributed by atoms with E-state index >= 15 is 0 Å². The van der Waals surface area contributed by atoms with E-state index in [1.54, 1.807) is 0 Å². The third-order valence-corrected chi connectivity index (χ3v) is 6.08. The van der Waals surface area contributed by atoms with Gasteiger partial charge >= 0.3 is 0 Å². The molecule has 0 unspecified atom stereocenters. The molecule has 0 aliphatic carbocycles. The van der Waals surface area contributed by atoms with Gasteiger partial charge < -0.3 is 0 Å². The predicted molar refractivity (Wildman–Crippen MR) is 165 cm³/mol. The van der Waals surface area contributed by atoms with E-state index in [0.29, 0.717) is 0 Å². The van der Waals surface area contributed by atoms with E-state index in [-0.39, 0.29) is 0 Å². The Bertz CT molecular complexity index is 1320. The average Bonchev–Trinajstić information content (AvgIpc) is 2.94. The fourth-order valence-electron chi connectivity index (χ4n) is 3.94. The van der Waals surface area contributed by atoms with Crippen LogP contribution in [0.4, 0.5) is 0 Å². The lowest BCUT2D eigenvalue weighted by molar-refractivity contribution is 1.22. The van der Waals surface area contributed by atoms with E-state index in [1.165, 1.54) is 33.4 Å². The van der Waals surface area contributed by atoms with Crippen molar-refractivity contribution < 1.29 is 0 Å². The second kappa shape index (κ2) is 15.1. The monoisotopic (exact) mass is 482 g/mol. The zero-order valence-electron chi connectivity index (χ0n) is 22.4. The first-order chi connectivity index (χ1) is 18.1. The Morgan fingerprint density at radius 1 is 0.730 bits per heavy atom. The summed E-state index contributed by atoms with van der Waals surface area (Å²) < 4.78 is 0. The molecule has 3 rings (SSSR count). The molecular weight excluding hydrogens is 444 g/mol. The maximum Gasteiger partial charge on any atom is -0.00974 e. The lowest BCUT2D eigenvalue weighted by Gasteiger charge is -2.07. The van der Waals surface area contributed by atoms with Crippen LogP contribution in [0, 0.1) is 6.92 Å². The summed E-state index contributed by atoms with van der Waals surface area (Å²) in [6.45, 7) is 10.6. The summed E-state index contributed by atoms with van der Waals surface area (Å²) in [5.74, 6) is 0. The molecule has 0 bridgehead atoms. The van der Waals surface area contributed by atoms with Gasteiger partial charge in [0.15, 0.2) is 0 Å². The number of hydrogen-bond donors (Lipinski definition) is 0. The van der Waals surface area contributed by atoms with Crippen molar-refractivity contribution >= 4 is 11.1 Å². The van der Waals surface area contributed by atoms with Gasteiger partial charge in [-0.15, -0.1) is 0 Å². The zero-order chi connectivity index (χ0) is 26.3. The van der Waals surface area contributed by atoms with Gasteiger partial charge in [0, 0.05) is 0 Å². The molecule has 0 nitrogen and oxygen atoms in total. The molecule has 3 aromatic rings. The lowest BCUT2D eigenvalue weighted by Crippen LogP contribution is -1.85. The number of allylic oxidation sites excluding steroid dienone is 13. The predicted octanol–water partition coefficient (Wildman–Crippen LogP) is 10.7. The second-order valence-electron chi connectivity index (χ2n) is 8.99. The van der Waals surface area contributed by atoms with Gasteiger partial charge in [0.2, 0.25) is 0 Å². The zero-order valence-corrected chi connectivity index (χ0v) is 22.4. The highest BCUT2D eigenvalue weighted by Gasteiger charge is 2.02. The van der Waals surface area contributed by atoms with E-state index in [9.17, 15) is 0 Å². The van der Waals surface area contributed by atoms with Crippen LogP contribution in [0.2, 0.25) is 0 Å². The first-order valence-corrected chi connectivity index (χ1v) is 13.1. The van der Waals surface area contributed by atoms with Crippen LogP contribution >= 0.6 is 0 Å². The summed E-state index contributed by atoms with van der Waals surface area (Å²) in [5.41, 5.74) is 9.57. The lowest BCUT2D eigenvalue weighted by atomic mass is 9.97. The maximum absolute atomic E-state index is 4.20. The Morgan fingerprint density at radius 2 is 1.43 bits per heavy atom. The molecule has 186 valence electrons. The van der Waals surface area contributed by atoms with Crippen molar-refractivity contribution in [2.24, 2.45) is 0 Å². The SMILES string of the molecule is C=C(/C=C\C=C/CC(=C/C)/C=C(/C=C\C=C/CC)c1ccc(-c2ccccc2)cc1)c1cccc(C)c1. The minimum absolute atomic E-state index is 0.863. The van der Waals surface area contributed by atoms with E-state index < -0.39 is 0 Å². The third-order valence-electron chi connectivity index (χ3n) is 6.08. The number of hydrogen-bond acceptors (Lipinski definition) is 0. The smallest absolute Gasteiger partial charge is 0.00974 e. The van der Waals surface area contributed by atoms with Crippen molar-refractivity contribution in [3.8, 4) is 11.1 Å². The highest BCUT2D eigenvalue weighted by atomic mass is 14.1. The highest BCUT2D eigenvalue weighted by Crippen LogP contribution is 2.25. The molecular formula is C37H38. The van der Waals surface area contributed by atoms with E-state index in [0.717, 1.165) is 24.0 Å². The average molecular weight is 483 g/mol. The van der Waals surface area contributed by atoms with Crippen LogP contribution in [-0.4, -0.2) is 0 Å². The molecule has 3 aromatic carbocycles. The molecule has 0 saturated heterocycles. The van der Waals surface area contributed by atoms with Crippen LogP contribution in [0.5, 0.6) is 0 Å². The van der Waals surface area contributed by atoms with Crippen LogP contribution in [-0.2, 0) is 0 Å². The minimum Gasteiger partial charge on any atom is -0.0912 e. The first kappa shape index (κ1) is 27.4. The summed E-state index contributed by atoms with van der Waals surface area (Å²) in [7, 11) is 0. The summed E-state index contributed by atoms with van der Waals surface area (Å²) in [6, 6.07) is 27.8. The number of aryl methyl sites for hydroxylation is 1. The van der Waals surface area contributed by atoms with Gasteiger partial charge in [-0.2, -0.15) is 0 Å². The van der Waals surface area contributed by atoms with Crippen LogP contribution in [0.3, 0.4) is 0 Å². The molecule has 0 spiro atoms. The van der Waals surface area contributed by atoms with Gasteiger partial charge in [-0.05, 0) is 65.7 Å². The molecule has 0 radical (unpaired) electrons. The standard InChI is InChI=1S/C37H38/c1-5-7-8-13-22-37(35-26-24-34(25-27-35)33-20-14-10-15-21-33)29-32(6-2)19-12-9-11-18-31(4)36-23-16-17-30(3)28-36/h6-18,20-29H,4-5,19H2,1-3H3/b8-7-,12-9-,18-11-,22-13-,32-6-,37-29-. The maximum atomic E-state index is 4.20. The van der Waals surface area contributed by atoms with E-state index in [2.05, 4.69) is 167 Å². The van der Waals surface area contributed by atoms with Gasteiger partial charge in [0.25, 0.3) is 0 Å². The topological polar surface area (TPSA) is 0 Å². The van der Waals surface area contributed by atoms with Gasteiger partial charge in [0.1, 0.15) is 0 Å². The summed E-state index contributed by atoms with van der Waals surface area (Å²) >= 11 is 0. The van der Waals surface area contributed by atoms with Gasteiger partial charge in [-0.3, -0.25) is 0 Å². The Kier molecular flexibility index (Phi) is 11.2. The molecule has 0 atom stereocenters. The van der Waals surface area contributed by atoms with E-state index in [4.69, 9.17) is 0 Å². The molecule has 0 heteroatoms. The quantitative estimate of drug-likeness (QED) is 0.238. The van der Waals surface area contributed by atoms with Crippen LogP contribution in [0.1, 0.15) is 43.4 Å². The molecule has 0 aromatic heterocycles. The van der Waals surface area contributed by atoms with Crippen LogP contribution < -0.4 is 0 Å². The van der Waals surface area contributed by atoms with Crippen molar-refractivity contribution in [3.05, 3.63) is 168 Å². The summed E-state index contributed by atoms with van der Waals surface area (Å²) in [6.07, 6.45) is 23.4. The number of rotatable bonds is 11. The largest absolute Gasteiger partial charge is 0.0912 e. The minimum atomic E-state index is 0.863. The molecule has 0 aliphatic rings. The Hall–Kier alpha value is -4.16. The fourth-order valence-corrected chi connectivity index (χ4v) is 3.94. The van der Waals surface area contributed by atoms with Gasteiger partial charge in [-0.25, -0.2) is 0 Å². The summed E-state index contributed by atoms with van der Waals surface area (Å²) in [5, 5.41) is 0. The van der Waals surface area contributed by atoms with Crippen molar-refractivity contribution in [1.29, 1.82) is 0 Å². The molecule has 0 amide bonds. The molecule has 0 aliphatic heterocycles. The first-order valence-electron chi connectivity index (χ1n) is 13.1. The molecule has 0 heterocycles. The third kappa shape index (κ3) is 9.09. The van der Waals surface area contributed by atoms with Crippen LogP contribution in [0.25, 0.3) is 22.3 Å². The van der Waals surface area contributed by atoms with Crippen molar-refractivity contribution in [2.45, 2.75) is 33.6 Å². The Labute approximate surface area is 224 Å². The van der Waals surface area contributed by atoms with E-state index in [1.807, 2.05) is 0 Å². The Morgan fingerprint density at radius 3 is 2.14 bits per heavy atom. The van der Waals surface area contributed by atoms with Crippen molar-refractivity contribution in [3.63, 3.8) is 0 Å². The highest BCUT2D eigenvalue weighted by molar-refractivity contribution is 5.78. The van der Waals surface area contributed by atoms with Gasteiger partial charge in [0.05, 0.1) is 0 Å².